The molecule has 7 nitrogen and oxygen atoms in total. The van der Waals surface area contributed by atoms with Crippen molar-refractivity contribution >= 4 is 11.9 Å². The third-order valence-electron chi connectivity index (χ3n) is 3.30. The minimum absolute atomic E-state index is 0.134. The van der Waals surface area contributed by atoms with Crippen LogP contribution >= 0.6 is 0 Å². The van der Waals surface area contributed by atoms with Crippen LogP contribution in [0.5, 0.6) is 0 Å². The first-order chi connectivity index (χ1) is 11.3. The van der Waals surface area contributed by atoms with E-state index in [0.29, 0.717) is 6.42 Å². The molecule has 0 unspecified atom stereocenters. The fourth-order valence-corrected chi connectivity index (χ4v) is 2.08. The number of carbonyl (C=O) groups excluding carboxylic acids is 1. The van der Waals surface area contributed by atoms with Crippen molar-refractivity contribution in [1.29, 1.82) is 0 Å². The summed E-state index contributed by atoms with van der Waals surface area (Å²) in [6.07, 6.45) is 8.08. The second-order valence-corrected chi connectivity index (χ2v) is 5.20. The number of hydrogen-bond donors (Lipinski definition) is 2. The highest BCUT2D eigenvalue weighted by Gasteiger charge is 2.00. The number of hydrogen-bond acceptors (Lipinski definition) is 4. The van der Waals surface area contributed by atoms with Crippen LogP contribution in [0.3, 0.4) is 0 Å². The number of esters is 1. The Labute approximate surface area is 138 Å². The Morgan fingerprint density at radius 1 is 1.26 bits per heavy atom. The number of unbranched alkanes of at least 4 members (excludes halogenated alkanes) is 2. The lowest BCUT2D eigenvalue weighted by molar-refractivity contribution is -0.140. The lowest BCUT2D eigenvalue weighted by Gasteiger charge is -2.11. The number of nitrogens with zero attached hydrogens (tertiary/aromatic N) is 3. The predicted molar refractivity (Wildman–Crippen MR) is 91.3 cm³/mol. The molecule has 0 aliphatic heterocycles. The average Bonchev–Trinajstić information content (AvgIpc) is 3.07. The molecular formula is C16H29N5O2. The van der Waals surface area contributed by atoms with Gasteiger partial charge in [-0.25, -0.2) is 0 Å². The van der Waals surface area contributed by atoms with Gasteiger partial charge in [-0.05, 0) is 32.3 Å². The summed E-state index contributed by atoms with van der Waals surface area (Å²) in [5.74, 6) is 0.714. The lowest BCUT2D eigenvalue weighted by atomic mass is 10.2. The van der Waals surface area contributed by atoms with E-state index in [-0.39, 0.29) is 5.97 Å². The van der Waals surface area contributed by atoms with Gasteiger partial charge in [0.25, 0.3) is 0 Å². The Hall–Kier alpha value is -2.05. The first-order valence-corrected chi connectivity index (χ1v) is 8.32. The summed E-state index contributed by atoms with van der Waals surface area (Å²) in [4.78, 5) is 15.5. The SMILES string of the molecule is CCNC(=NCCCn1cccn1)NCCCCCC(=O)OC. The van der Waals surface area contributed by atoms with Gasteiger partial charge in [0.2, 0.25) is 0 Å². The van der Waals surface area contributed by atoms with Crippen molar-refractivity contribution in [3.05, 3.63) is 18.5 Å². The Kier molecular flexibility index (Phi) is 10.3. The normalized spacial score (nSPS) is 11.3. The molecule has 23 heavy (non-hydrogen) atoms. The highest BCUT2D eigenvalue weighted by molar-refractivity contribution is 5.79. The maximum Gasteiger partial charge on any atom is 0.305 e. The van der Waals surface area contributed by atoms with Crippen molar-refractivity contribution in [2.75, 3.05) is 26.7 Å². The third kappa shape index (κ3) is 9.55. The van der Waals surface area contributed by atoms with Gasteiger partial charge in [0.1, 0.15) is 0 Å². The fourth-order valence-electron chi connectivity index (χ4n) is 2.08. The van der Waals surface area contributed by atoms with Gasteiger partial charge in [-0.1, -0.05) is 6.42 Å². The summed E-state index contributed by atoms with van der Waals surface area (Å²) in [5, 5.41) is 10.7. The number of ether oxygens (including phenoxy) is 1. The molecule has 0 bridgehead atoms. The van der Waals surface area contributed by atoms with Gasteiger partial charge < -0.3 is 15.4 Å². The van der Waals surface area contributed by atoms with E-state index in [9.17, 15) is 4.79 Å². The third-order valence-corrected chi connectivity index (χ3v) is 3.30. The largest absolute Gasteiger partial charge is 0.469 e. The number of nitrogens with one attached hydrogen (secondary N) is 2. The highest BCUT2D eigenvalue weighted by atomic mass is 16.5. The zero-order valence-corrected chi connectivity index (χ0v) is 14.3. The maximum absolute atomic E-state index is 11.0. The van der Waals surface area contributed by atoms with E-state index in [1.54, 1.807) is 6.20 Å². The van der Waals surface area contributed by atoms with E-state index in [1.807, 2.05) is 16.9 Å². The van der Waals surface area contributed by atoms with Gasteiger partial charge in [-0.15, -0.1) is 0 Å². The molecule has 0 aliphatic carbocycles. The Morgan fingerprint density at radius 2 is 2.13 bits per heavy atom. The summed E-state index contributed by atoms with van der Waals surface area (Å²) in [5.41, 5.74) is 0. The molecule has 7 heteroatoms. The second kappa shape index (κ2) is 12.5. The van der Waals surface area contributed by atoms with Crippen molar-refractivity contribution in [3.8, 4) is 0 Å². The number of methoxy groups -OCH3 is 1. The Balaban J connectivity index is 2.12. The van der Waals surface area contributed by atoms with Gasteiger partial charge in [-0.2, -0.15) is 5.10 Å². The van der Waals surface area contributed by atoms with Gasteiger partial charge >= 0.3 is 5.97 Å². The molecular weight excluding hydrogens is 294 g/mol. The van der Waals surface area contributed by atoms with E-state index in [1.165, 1.54) is 7.11 Å². The summed E-state index contributed by atoms with van der Waals surface area (Å²) < 4.78 is 6.53. The van der Waals surface area contributed by atoms with Gasteiger partial charge in [0.05, 0.1) is 7.11 Å². The number of guanidine groups is 1. The van der Waals surface area contributed by atoms with Crippen LogP contribution in [0.15, 0.2) is 23.5 Å². The van der Waals surface area contributed by atoms with Crippen molar-refractivity contribution in [1.82, 2.24) is 20.4 Å². The van der Waals surface area contributed by atoms with E-state index < -0.39 is 0 Å². The number of rotatable bonds is 11. The molecule has 0 aromatic carbocycles. The smallest absolute Gasteiger partial charge is 0.305 e. The first-order valence-electron chi connectivity index (χ1n) is 8.32. The minimum atomic E-state index is -0.134. The first kappa shape index (κ1) is 19.0. The van der Waals surface area contributed by atoms with E-state index in [0.717, 1.165) is 57.8 Å². The maximum atomic E-state index is 11.0. The molecule has 0 atom stereocenters. The van der Waals surface area contributed by atoms with E-state index in [2.05, 4.69) is 32.4 Å². The van der Waals surface area contributed by atoms with Crippen molar-refractivity contribution < 1.29 is 9.53 Å². The molecule has 1 rings (SSSR count). The number of aryl methyl sites for hydroxylation is 1. The van der Waals surface area contributed by atoms with Crippen LogP contribution in [0.4, 0.5) is 0 Å². The molecule has 1 aromatic rings. The second-order valence-electron chi connectivity index (χ2n) is 5.20. The zero-order valence-electron chi connectivity index (χ0n) is 14.3. The quantitative estimate of drug-likeness (QED) is 0.280. The monoisotopic (exact) mass is 323 g/mol. The predicted octanol–water partition coefficient (Wildman–Crippen LogP) is 1.56. The van der Waals surface area contributed by atoms with Crippen LogP contribution in [-0.2, 0) is 16.1 Å². The average molecular weight is 323 g/mol. The summed E-state index contributed by atoms with van der Waals surface area (Å²) in [7, 11) is 1.43. The molecule has 1 heterocycles. The van der Waals surface area contributed by atoms with Crippen LogP contribution in [-0.4, -0.2) is 48.5 Å². The summed E-state index contributed by atoms with van der Waals surface area (Å²) in [6.45, 7) is 5.39. The van der Waals surface area contributed by atoms with Gasteiger partial charge in [0, 0.05) is 45.0 Å². The van der Waals surface area contributed by atoms with E-state index >= 15 is 0 Å². The van der Waals surface area contributed by atoms with Crippen LogP contribution in [0, 0.1) is 0 Å². The Bertz CT molecular complexity index is 445. The lowest BCUT2D eigenvalue weighted by Crippen LogP contribution is -2.37. The molecule has 0 amide bonds. The molecule has 1 aromatic heterocycles. The van der Waals surface area contributed by atoms with Gasteiger partial charge in [0.15, 0.2) is 5.96 Å². The molecule has 2 N–H and O–H groups in total. The van der Waals surface area contributed by atoms with Crippen LogP contribution in [0.25, 0.3) is 0 Å². The number of carbonyl (C=O) groups is 1. The molecule has 0 aliphatic rings. The standard InChI is InChI=1S/C16H29N5O2/c1-3-17-16(18-10-6-4-5-9-15(22)23-2)19-11-7-13-21-14-8-12-20-21/h8,12,14H,3-7,9-11,13H2,1-2H3,(H2,17,18,19). The summed E-state index contributed by atoms with van der Waals surface area (Å²) >= 11 is 0. The molecule has 0 spiro atoms. The number of aliphatic imine (C=N–C) groups is 1. The molecule has 0 fully saturated rings. The molecule has 0 saturated heterocycles. The summed E-state index contributed by atoms with van der Waals surface area (Å²) in [6, 6.07) is 1.93. The topological polar surface area (TPSA) is 80.5 Å². The van der Waals surface area contributed by atoms with Crippen molar-refractivity contribution in [3.63, 3.8) is 0 Å². The fraction of sp³-hybridized carbons (Fsp3) is 0.688. The van der Waals surface area contributed by atoms with Crippen molar-refractivity contribution in [2.24, 2.45) is 4.99 Å². The molecule has 130 valence electrons. The zero-order chi connectivity index (χ0) is 16.8. The van der Waals surface area contributed by atoms with Gasteiger partial charge in [-0.3, -0.25) is 14.5 Å². The Morgan fingerprint density at radius 3 is 2.83 bits per heavy atom. The van der Waals surface area contributed by atoms with Crippen LogP contribution in [0.1, 0.15) is 39.0 Å². The van der Waals surface area contributed by atoms with Crippen LogP contribution < -0.4 is 10.6 Å². The minimum Gasteiger partial charge on any atom is -0.469 e. The van der Waals surface area contributed by atoms with Crippen molar-refractivity contribution in [2.45, 2.75) is 45.6 Å². The molecule has 0 saturated carbocycles. The number of aromatic nitrogens is 2. The van der Waals surface area contributed by atoms with Crippen LogP contribution in [0.2, 0.25) is 0 Å². The van der Waals surface area contributed by atoms with E-state index in [4.69, 9.17) is 0 Å². The molecule has 0 radical (unpaired) electrons. The highest BCUT2D eigenvalue weighted by Crippen LogP contribution is 2.00.